The molecule has 1 aromatic carbocycles. The Labute approximate surface area is 184 Å². The van der Waals surface area contributed by atoms with E-state index in [1.807, 2.05) is 37.3 Å². The number of nitrogens with zero attached hydrogens (tertiary/aromatic N) is 3. The van der Waals surface area contributed by atoms with Crippen LogP contribution in [0.1, 0.15) is 48.4 Å². The Kier molecular flexibility index (Phi) is 7.98. The van der Waals surface area contributed by atoms with Crippen molar-refractivity contribution in [2.45, 2.75) is 46.6 Å². The van der Waals surface area contributed by atoms with Crippen LogP contribution in [-0.2, 0) is 9.53 Å². The molecule has 1 saturated heterocycles. The number of amides is 1. The van der Waals surface area contributed by atoms with E-state index in [0.29, 0.717) is 42.6 Å². The molecule has 1 fully saturated rings. The third kappa shape index (κ3) is 5.22. The van der Waals surface area contributed by atoms with E-state index >= 15 is 0 Å². The van der Waals surface area contributed by atoms with Crippen LogP contribution in [0.15, 0.2) is 30.3 Å². The SMILES string of the molecule is CCC(CC)[C@@H](CNC(=O)C(=O)c1c(C)nn(-c2ccccc2)c1C)N1CCOCC1. The van der Waals surface area contributed by atoms with Gasteiger partial charge < -0.3 is 10.1 Å². The Balaban J connectivity index is 1.74. The summed E-state index contributed by atoms with van der Waals surface area (Å²) in [6, 6.07) is 9.82. The summed E-state index contributed by atoms with van der Waals surface area (Å²) in [4.78, 5) is 28.3. The molecular formula is C24H34N4O3. The van der Waals surface area contributed by atoms with Gasteiger partial charge in [-0.2, -0.15) is 5.10 Å². The second kappa shape index (κ2) is 10.7. The predicted molar refractivity (Wildman–Crippen MR) is 121 cm³/mol. The van der Waals surface area contributed by atoms with Crippen LogP contribution in [0.3, 0.4) is 0 Å². The molecule has 2 heterocycles. The maximum absolute atomic E-state index is 13.0. The van der Waals surface area contributed by atoms with E-state index in [0.717, 1.165) is 31.6 Å². The van der Waals surface area contributed by atoms with Crippen molar-refractivity contribution in [2.75, 3.05) is 32.8 Å². The van der Waals surface area contributed by atoms with Crippen molar-refractivity contribution in [1.29, 1.82) is 0 Å². The van der Waals surface area contributed by atoms with Crippen molar-refractivity contribution >= 4 is 11.7 Å². The van der Waals surface area contributed by atoms with E-state index in [-0.39, 0.29) is 6.04 Å². The fourth-order valence-electron chi connectivity index (χ4n) is 4.52. The molecule has 0 radical (unpaired) electrons. The molecule has 1 aromatic heterocycles. The summed E-state index contributed by atoms with van der Waals surface area (Å²) < 4.78 is 7.21. The van der Waals surface area contributed by atoms with Crippen molar-refractivity contribution in [3.63, 3.8) is 0 Å². The number of benzene rings is 1. The van der Waals surface area contributed by atoms with Gasteiger partial charge in [-0.15, -0.1) is 0 Å². The number of aromatic nitrogens is 2. The Bertz CT molecular complexity index is 884. The summed E-state index contributed by atoms with van der Waals surface area (Å²) in [6.45, 7) is 11.5. The molecular weight excluding hydrogens is 392 g/mol. The van der Waals surface area contributed by atoms with Crippen molar-refractivity contribution in [2.24, 2.45) is 5.92 Å². The average molecular weight is 427 g/mol. The molecule has 0 spiro atoms. The van der Waals surface area contributed by atoms with Gasteiger partial charge in [0.2, 0.25) is 0 Å². The minimum Gasteiger partial charge on any atom is -0.379 e. The molecule has 7 nitrogen and oxygen atoms in total. The molecule has 1 aliphatic rings. The summed E-state index contributed by atoms with van der Waals surface area (Å²) in [6.07, 6.45) is 2.06. The van der Waals surface area contributed by atoms with E-state index in [1.165, 1.54) is 0 Å². The normalized spacial score (nSPS) is 15.8. The molecule has 2 aromatic rings. The van der Waals surface area contributed by atoms with Gasteiger partial charge in [-0.25, -0.2) is 4.68 Å². The zero-order valence-corrected chi connectivity index (χ0v) is 19.1. The summed E-state index contributed by atoms with van der Waals surface area (Å²) in [5.74, 6) is -0.636. The number of ketones is 1. The van der Waals surface area contributed by atoms with Crippen LogP contribution < -0.4 is 5.32 Å². The topological polar surface area (TPSA) is 76.5 Å². The van der Waals surface area contributed by atoms with Gasteiger partial charge in [-0.3, -0.25) is 14.5 Å². The molecule has 168 valence electrons. The number of hydrogen-bond donors (Lipinski definition) is 1. The molecule has 0 saturated carbocycles. The first-order valence-electron chi connectivity index (χ1n) is 11.2. The summed E-state index contributed by atoms with van der Waals surface area (Å²) in [5, 5.41) is 7.42. The maximum atomic E-state index is 13.0. The second-order valence-electron chi connectivity index (χ2n) is 8.12. The lowest BCUT2D eigenvalue weighted by Crippen LogP contribution is -2.52. The predicted octanol–water partition coefficient (Wildman–Crippen LogP) is 2.93. The first-order chi connectivity index (χ1) is 15.0. The lowest BCUT2D eigenvalue weighted by Gasteiger charge is -2.38. The monoisotopic (exact) mass is 426 g/mol. The third-order valence-corrected chi connectivity index (χ3v) is 6.30. The van der Waals surface area contributed by atoms with Gasteiger partial charge in [0.1, 0.15) is 0 Å². The first-order valence-corrected chi connectivity index (χ1v) is 11.2. The zero-order chi connectivity index (χ0) is 22.4. The summed E-state index contributed by atoms with van der Waals surface area (Å²) >= 11 is 0. The number of nitrogens with one attached hydrogen (secondary N) is 1. The van der Waals surface area contributed by atoms with Crippen molar-refractivity contribution in [3.8, 4) is 5.69 Å². The Morgan fingerprint density at radius 2 is 1.74 bits per heavy atom. The molecule has 3 rings (SSSR count). The number of carbonyl (C=O) groups excluding carboxylic acids is 2. The maximum Gasteiger partial charge on any atom is 0.292 e. The van der Waals surface area contributed by atoms with Gasteiger partial charge in [0, 0.05) is 25.7 Å². The number of morpholine rings is 1. The number of aryl methyl sites for hydroxylation is 1. The molecule has 31 heavy (non-hydrogen) atoms. The molecule has 0 aliphatic carbocycles. The molecule has 7 heteroatoms. The van der Waals surface area contributed by atoms with Crippen LogP contribution >= 0.6 is 0 Å². The zero-order valence-electron chi connectivity index (χ0n) is 19.1. The van der Waals surface area contributed by atoms with Gasteiger partial charge >= 0.3 is 0 Å². The van der Waals surface area contributed by atoms with Crippen molar-refractivity contribution in [3.05, 3.63) is 47.3 Å². The van der Waals surface area contributed by atoms with E-state index in [4.69, 9.17) is 4.74 Å². The molecule has 0 unspecified atom stereocenters. The smallest absolute Gasteiger partial charge is 0.292 e. The highest BCUT2D eigenvalue weighted by Crippen LogP contribution is 2.21. The highest BCUT2D eigenvalue weighted by atomic mass is 16.5. The number of hydrogen-bond acceptors (Lipinski definition) is 5. The van der Waals surface area contributed by atoms with Crippen LogP contribution in [0.4, 0.5) is 0 Å². The van der Waals surface area contributed by atoms with Gasteiger partial charge in [0.05, 0.1) is 35.9 Å². The summed E-state index contributed by atoms with van der Waals surface area (Å²) in [5.41, 5.74) is 2.48. The molecule has 1 aliphatic heterocycles. The van der Waals surface area contributed by atoms with Gasteiger partial charge in [-0.1, -0.05) is 44.9 Å². The van der Waals surface area contributed by atoms with E-state index in [2.05, 4.69) is 29.2 Å². The van der Waals surface area contributed by atoms with Gasteiger partial charge in [0.15, 0.2) is 0 Å². The highest BCUT2D eigenvalue weighted by molar-refractivity contribution is 6.43. The quantitative estimate of drug-likeness (QED) is 0.493. The van der Waals surface area contributed by atoms with Crippen LogP contribution in [0, 0.1) is 19.8 Å². The Hall–Kier alpha value is -2.51. The number of Topliss-reactive ketones (excluding diaryl/α,β-unsaturated/α-hetero) is 1. The van der Waals surface area contributed by atoms with Crippen molar-refractivity contribution in [1.82, 2.24) is 20.0 Å². The van der Waals surface area contributed by atoms with E-state index < -0.39 is 11.7 Å². The largest absolute Gasteiger partial charge is 0.379 e. The molecule has 1 atom stereocenters. The second-order valence-corrected chi connectivity index (χ2v) is 8.12. The molecule has 1 N–H and O–H groups in total. The highest BCUT2D eigenvalue weighted by Gasteiger charge is 2.30. The van der Waals surface area contributed by atoms with Crippen molar-refractivity contribution < 1.29 is 14.3 Å². The average Bonchev–Trinajstić information content (AvgIpc) is 3.10. The Morgan fingerprint density at radius 1 is 1.10 bits per heavy atom. The van der Waals surface area contributed by atoms with Gasteiger partial charge in [-0.05, 0) is 31.9 Å². The van der Waals surface area contributed by atoms with E-state index in [9.17, 15) is 9.59 Å². The van der Waals surface area contributed by atoms with E-state index in [1.54, 1.807) is 11.6 Å². The Morgan fingerprint density at radius 3 is 2.35 bits per heavy atom. The fraction of sp³-hybridized carbons (Fsp3) is 0.542. The minimum absolute atomic E-state index is 0.199. The van der Waals surface area contributed by atoms with Crippen LogP contribution in [0.25, 0.3) is 5.69 Å². The molecule has 1 amide bonds. The minimum atomic E-state index is -0.567. The molecule has 0 bridgehead atoms. The number of para-hydroxylation sites is 1. The van der Waals surface area contributed by atoms with Crippen LogP contribution in [0.5, 0.6) is 0 Å². The first kappa shape index (κ1) is 23.2. The summed E-state index contributed by atoms with van der Waals surface area (Å²) in [7, 11) is 0. The third-order valence-electron chi connectivity index (χ3n) is 6.30. The lowest BCUT2D eigenvalue weighted by atomic mass is 9.92. The van der Waals surface area contributed by atoms with Gasteiger partial charge in [0.25, 0.3) is 11.7 Å². The fourth-order valence-corrected chi connectivity index (χ4v) is 4.52. The number of ether oxygens (including phenoxy) is 1. The van der Waals surface area contributed by atoms with Crippen LogP contribution in [0.2, 0.25) is 0 Å². The standard InChI is InChI=1S/C24H34N4O3/c1-5-19(6-2)21(27-12-14-31-15-13-27)16-25-24(30)23(29)22-17(3)26-28(18(22)4)20-10-8-7-9-11-20/h7-11,19,21H,5-6,12-16H2,1-4H3,(H,25,30)/t21-/m1/s1. The van der Waals surface area contributed by atoms with Crippen LogP contribution in [-0.4, -0.2) is 65.3 Å². The lowest BCUT2D eigenvalue weighted by molar-refractivity contribution is -0.117. The number of rotatable bonds is 9. The number of carbonyl (C=O) groups is 2.